The predicted molar refractivity (Wildman–Crippen MR) is 391 cm³/mol. The van der Waals surface area contributed by atoms with Crippen molar-refractivity contribution < 1.29 is 33.4 Å². The second-order valence-electron chi connectivity index (χ2n) is 26.5. The normalized spacial score (nSPS) is 14.8. The number of ether oxygens (including phenoxy) is 3. The van der Waals surface area contributed by atoms with E-state index < -0.39 is 0 Å². The second kappa shape index (κ2) is 29.3. The number of anilines is 10. The van der Waals surface area contributed by atoms with Crippen LogP contribution in [0.5, 0.6) is 17.2 Å². The van der Waals surface area contributed by atoms with E-state index in [1.165, 1.54) is 6.20 Å². The molecule has 1 saturated heterocycles. The molecule has 10 aromatic rings. The summed E-state index contributed by atoms with van der Waals surface area (Å²) in [4.78, 5) is 84.0. The van der Waals surface area contributed by atoms with Crippen LogP contribution in [0.15, 0.2) is 146 Å². The molecular weight excluding hydrogens is 1310 g/mol. The van der Waals surface area contributed by atoms with Crippen LogP contribution in [0.25, 0.3) is 34.2 Å². The molecule has 103 heavy (non-hydrogen) atoms. The van der Waals surface area contributed by atoms with E-state index in [1.807, 2.05) is 94.8 Å². The minimum atomic E-state index is -0.204. The molecule has 2 aliphatic heterocycles. The Morgan fingerprint density at radius 1 is 0.505 bits per heavy atom. The molecule has 0 radical (unpaired) electrons. The number of carbonyl (C=O) groups is 4. The van der Waals surface area contributed by atoms with Gasteiger partial charge in [0.2, 0.25) is 5.96 Å². The van der Waals surface area contributed by atoms with E-state index in [2.05, 4.69) is 113 Å². The van der Waals surface area contributed by atoms with Gasteiger partial charge in [-0.15, -0.1) is 0 Å². The lowest BCUT2D eigenvalue weighted by Gasteiger charge is -2.45. The van der Waals surface area contributed by atoms with Crippen LogP contribution in [0.2, 0.25) is 0 Å². The number of methoxy groups -OCH3 is 3. The molecular formula is C73H79N23O7. The summed E-state index contributed by atoms with van der Waals surface area (Å²) in [7, 11) is 12.1. The van der Waals surface area contributed by atoms with E-state index >= 15 is 0 Å². The van der Waals surface area contributed by atoms with Crippen LogP contribution in [0.4, 0.5) is 62.2 Å². The summed E-state index contributed by atoms with van der Waals surface area (Å²) in [6.45, 7) is 11.5. The lowest BCUT2D eigenvalue weighted by atomic mass is 9.85. The fourth-order valence-corrected chi connectivity index (χ4v) is 11.8. The predicted octanol–water partition coefficient (Wildman–Crippen LogP) is 11.7. The highest BCUT2D eigenvalue weighted by Gasteiger charge is 2.39. The van der Waals surface area contributed by atoms with Crippen LogP contribution in [0, 0.1) is 30.1 Å². The zero-order valence-electron chi connectivity index (χ0n) is 58.7. The first-order chi connectivity index (χ1) is 49.7. The molecule has 7 aromatic heterocycles. The summed E-state index contributed by atoms with van der Waals surface area (Å²) in [6, 6.07) is 24.0. The highest BCUT2D eigenvalue weighted by Crippen LogP contribution is 2.44. The van der Waals surface area contributed by atoms with Gasteiger partial charge in [-0.25, -0.2) is 39.7 Å². The lowest BCUT2D eigenvalue weighted by Crippen LogP contribution is -2.56. The number of ketones is 3. The Balaban J connectivity index is 0.000000138. The number of likely N-dealkylation sites (tertiary alicyclic amines) is 1. The van der Waals surface area contributed by atoms with Crippen LogP contribution in [-0.4, -0.2) is 138 Å². The topological polar surface area (TPSA) is 344 Å². The number of hydrogen-bond acceptors (Lipinski definition) is 24. The average molecular weight is 1390 g/mol. The Morgan fingerprint density at radius 2 is 0.903 bits per heavy atom. The van der Waals surface area contributed by atoms with Crippen molar-refractivity contribution in [3.05, 3.63) is 163 Å². The molecule has 3 aliphatic carbocycles. The largest absolute Gasteiger partial charge is 0.494 e. The summed E-state index contributed by atoms with van der Waals surface area (Å²) in [5.74, 6) is 6.33. The first kappa shape index (κ1) is 68.9. The standard InChI is InChI=1S/C25H29N7O3.C24H26N8O2.C24H24N8O2/c1-25(2)12-32(13-25)24(34)29-20-10-19(17(11-26-20)21(33)15-8-9-15)28-18-7-5-6-16(22(18)35-4)23-27-14-31(3)30-23;1-14-10-21(29-32(14)3)28-20-11-19(17(12-25-20)22(33)15-8-9-15)27-18-7-5-6-16(23(18)34-4)24-26-13-31(2)30-24;1-14-9-10-25-24(28-14)30-20-11-19(17(12-26-20)21(33)15-7-8-15)29-18-6-4-5-16(22(18)34-3)23-27-13-32(2)31-23/h5-7,10-11,14-15H,8-9,12-13H2,1-4H3,(H2,26,28,29,34);5-7,10-13,15H,8-9H2,1-4H3,(H2,25,27,28,29);4-6,9-13,15H,1,7-8H2,2-3H3,(H3,25,26,28,29,30). The average Bonchev–Trinajstić information content (AvgIpc) is 1.78. The molecule has 3 aromatic carbocycles. The number of amides is 2. The van der Waals surface area contributed by atoms with Crippen molar-refractivity contribution in [3.8, 4) is 51.4 Å². The van der Waals surface area contributed by atoms with E-state index in [4.69, 9.17) is 14.2 Å². The molecule has 0 atom stereocenters. The first-order valence-electron chi connectivity index (χ1n) is 33.5. The number of aliphatic imine (C=N–C) groups is 1. The van der Waals surface area contributed by atoms with Crippen LogP contribution in [0.1, 0.15) is 89.1 Å². The van der Waals surface area contributed by atoms with E-state index in [0.29, 0.717) is 134 Å². The summed E-state index contributed by atoms with van der Waals surface area (Å²) < 4.78 is 23.8. The molecule has 30 heteroatoms. The number of carbonyl (C=O) groups excluding carboxylic acids is 4. The Kier molecular flexibility index (Phi) is 19.6. The van der Waals surface area contributed by atoms with E-state index in [0.717, 1.165) is 60.9 Å². The van der Waals surface area contributed by atoms with Gasteiger partial charge in [0.05, 0.1) is 88.8 Å². The fourth-order valence-electron chi connectivity index (χ4n) is 11.8. The Bertz CT molecular complexity index is 4950. The highest BCUT2D eigenvalue weighted by atomic mass is 16.5. The van der Waals surface area contributed by atoms with Crippen LogP contribution < -0.4 is 51.4 Å². The number of aryl methyl sites for hydroxylation is 5. The third-order valence-electron chi connectivity index (χ3n) is 17.5. The minimum Gasteiger partial charge on any atom is -0.494 e. The molecule has 30 nitrogen and oxygen atoms in total. The Hall–Kier alpha value is -12.6. The van der Waals surface area contributed by atoms with Crippen molar-refractivity contribution in [2.75, 3.05) is 66.3 Å². The monoisotopic (exact) mass is 1390 g/mol. The maximum absolute atomic E-state index is 13.0. The maximum Gasteiger partial charge on any atom is 0.323 e. The van der Waals surface area contributed by atoms with Crippen LogP contribution in [0.3, 0.4) is 0 Å². The molecule has 5 aliphatic rings. The van der Waals surface area contributed by atoms with Gasteiger partial charge in [-0.05, 0) is 87.9 Å². The number of nitrogens with one attached hydrogen (secondary N) is 7. The summed E-state index contributed by atoms with van der Waals surface area (Å²) >= 11 is 0. The van der Waals surface area contributed by atoms with Crippen LogP contribution >= 0.6 is 0 Å². The SMILES string of the molecule is C=C1C=CN=C(Nc2cc(Nc3cccc(-c4ncn(C)n4)c3OC)c(C(=O)C3CC3)cn2)N1.COc1c(Nc2cc(NC(=O)N3CC(C)(C)C3)ncc2C(=O)C2CC2)cccc1-c1ncn(C)n1.COc1c(Nc2cc(Nc3cc(C)n(C)n3)ncc2C(=O)C2CC2)cccc1-c1ncn(C)n1. The van der Waals surface area contributed by atoms with Gasteiger partial charge in [0.25, 0.3) is 0 Å². The number of nitrogens with zero attached hydrogens (tertiary/aromatic N) is 16. The van der Waals surface area contributed by atoms with Gasteiger partial charge in [-0.3, -0.25) is 38.4 Å². The van der Waals surface area contributed by atoms with Crippen molar-refractivity contribution in [1.29, 1.82) is 0 Å². The number of Topliss-reactive ketones (excluding diaryl/α,β-unsaturated/α-hetero) is 3. The van der Waals surface area contributed by atoms with E-state index in [1.54, 1.807) is 108 Å². The van der Waals surface area contributed by atoms with Crippen molar-refractivity contribution >= 4 is 86.7 Å². The van der Waals surface area contributed by atoms with Gasteiger partial charge >= 0.3 is 6.03 Å². The van der Waals surface area contributed by atoms with Crippen molar-refractivity contribution in [1.82, 2.24) is 79.2 Å². The quantitative estimate of drug-likeness (QED) is 0.0310. The van der Waals surface area contributed by atoms with Gasteiger partial charge in [0.1, 0.15) is 36.4 Å². The fraction of sp³-hybridized carbons (Fsp3) is 0.301. The van der Waals surface area contributed by atoms with Crippen molar-refractivity contribution in [3.63, 3.8) is 0 Å². The first-order valence-corrected chi connectivity index (χ1v) is 33.5. The van der Waals surface area contributed by atoms with Gasteiger partial charge in [-0.2, -0.15) is 20.4 Å². The van der Waals surface area contributed by atoms with Gasteiger partial charge in [0.15, 0.2) is 57.9 Å². The molecule has 528 valence electrons. The van der Waals surface area contributed by atoms with Crippen LogP contribution in [-0.2, 0) is 28.2 Å². The number of allylic oxidation sites excluding steroid dienone is 1. The summed E-state index contributed by atoms with van der Waals surface area (Å²) in [5, 5.41) is 40.0. The zero-order chi connectivity index (χ0) is 72.2. The molecule has 7 N–H and O–H groups in total. The summed E-state index contributed by atoms with van der Waals surface area (Å²) in [6.07, 6.45) is 18.4. The Morgan fingerprint density at radius 3 is 1.25 bits per heavy atom. The van der Waals surface area contributed by atoms with E-state index in [9.17, 15) is 19.2 Å². The number of guanidine groups is 1. The third-order valence-corrected chi connectivity index (χ3v) is 17.5. The highest BCUT2D eigenvalue weighted by molar-refractivity contribution is 6.07. The maximum atomic E-state index is 13.0. The number of para-hydroxylation sites is 3. The van der Waals surface area contributed by atoms with Gasteiger partial charge < -0.3 is 51.0 Å². The van der Waals surface area contributed by atoms with E-state index in [-0.39, 0.29) is 46.5 Å². The molecule has 0 spiro atoms. The van der Waals surface area contributed by atoms with Crippen molar-refractivity contribution in [2.24, 2.45) is 56.4 Å². The number of urea groups is 1. The molecule has 4 fully saturated rings. The molecule has 2 amide bonds. The number of aromatic nitrogens is 14. The number of benzene rings is 3. The molecule has 0 bridgehead atoms. The molecule has 9 heterocycles. The minimum absolute atomic E-state index is 0.0204. The second-order valence-corrected chi connectivity index (χ2v) is 26.5. The molecule has 3 saturated carbocycles. The Labute approximate surface area is 593 Å². The summed E-state index contributed by atoms with van der Waals surface area (Å²) in [5.41, 5.74) is 9.47. The van der Waals surface area contributed by atoms with Crippen molar-refractivity contribution in [2.45, 2.75) is 59.3 Å². The number of pyridine rings is 3. The molecule has 15 rings (SSSR count). The lowest BCUT2D eigenvalue weighted by molar-refractivity contribution is 0.0687. The number of hydrogen-bond donors (Lipinski definition) is 7. The smallest absolute Gasteiger partial charge is 0.323 e. The number of rotatable bonds is 22. The zero-order valence-corrected chi connectivity index (χ0v) is 58.7. The third kappa shape index (κ3) is 16.0. The van der Waals surface area contributed by atoms with Gasteiger partial charge in [-0.1, -0.05) is 38.6 Å². The van der Waals surface area contributed by atoms with Gasteiger partial charge in [0, 0.05) is 125 Å². The molecule has 0 unspecified atom stereocenters.